The number of ether oxygens (including phenoxy) is 1. The number of aromatic nitrogens is 4. The predicted molar refractivity (Wildman–Crippen MR) is 108 cm³/mol. The maximum atomic E-state index is 13.1. The molecular weight excluding hydrogens is 366 g/mol. The Morgan fingerprint density at radius 1 is 1.14 bits per heavy atom. The minimum Gasteiger partial charge on any atom is -0.368 e. The lowest BCUT2D eigenvalue weighted by Crippen LogP contribution is -2.48. The van der Waals surface area contributed by atoms with Crippen molar-refractivity contribution in [3.63, 3.8) is 0 Å². The highest BCUT2D eigenvalue weighted by Gasteiger charge is 2.43. The van der Waals surface area contributed by atoms with Crippen molar-refractivity contribution in [2.45, 2.75) is 24.9 Å². The monoisotopic (exact) mass is 387 g/mol. The highest BCUT2D eigenvalue weighted by molar-refractivity contribution is 5.93. The van der Waals surface area contributed by atoms with Crippen molar-refractivity contribution >= 4 is 22.5 Å². The molecule has 7 heteroatoms. The van der Waals surface area contributed by atoms with E-state index in [1.54, 1.807) is 16.9 Å². The molecule has 0 unspecified atom stereocenters. The molecule has 0 bridgehead atoms. The fourth-order valence-electron chi connectivity index (χ4n) is 4.87. The van der Waals surface area contributed by atoms with Crippen LogP contribution in [0.2, 0.25) is 0 Å². The first-order chi connectivity index (χ1) is 14.3. The van der Waals surface area contributed by atoms with E-state index in [0.717, 1.165) is 31.4 Å². The van der Waals surface area contributed by atoms with Crippen molar-refractivity contribution in [3.8, 4) is 0 Å². The molecule has 1 saturated heterocycles. The molecule has 2 aliphatic heterocycles. The number of nitrogens with one attached hydrogen (secondary N) is 1. The van der Waals surface area contributed by atoms with Gasteiger partial charge in [0.2, 0.25) is 0 Å². The summed E-state index contributed by atoms with van der Waals surface area (Å²) < 4.78 is 7.96. The van der Waals surface area contributed by atoms with Gasteiger partial charge in [-0.05, 0) is 43.0 Å². The second-order valence-corrected chi connectivity index (χ2v) is 7.85. The Hall–Kier alpha value is -3.19. The number of imidazole rings is 1. The number of carbonyl (C=O) groups excluding carboxylic acids is 1. The van der Waals surface area contributed by atoms with Crippen LogP contribution in [0.3, 0.4) is 0 Å². The highest BCUT2D eigenvalue weighted by atomic mass is 16.5. The molecule has 1 amide bonds. The second-order valence-electron chi connectivity index (χ2n) is 7.85. The van der Waals surface area contributed by atoms with Crippen LogP contribution < -0.4 is 0 Å². The lowest BCUT2D eigenvalue weighted by Gasteiger charge is -2.43. The molecule has 7 nitrogen and oxygen atoms in total. The molecule has 1 aromatic carbocycles. The van der Waals surface area contributed by atoms with Crippen LogP contribution in [-0.4, -0.2) is 50.1 Å². The first-order valence-electron chi connectivity index (χ1n) is 10.1. The Labute approximate surface area is 167 Å². The minimum atomic E-state index is -0.332. The summed E-state index contributed by atoms with van der Waals surface area (Å²) in [6, 6.07) is 12.1. The van der Waals surface area contributed by atoms with Gasteiger partial charge in [0, 0.05) is 30.2 Å². The van der Waals surface area contributed by atoms with Crippen LogP contribution in [0.5, 0.6) is 0 Å². The Morgan fingerprint density at radius 2 is 2.00 bits per heavy atom. The summed E-state index contributed by atoms with van der Waals surface area (Å²) in [5.74, 6) is -0.0290. The normalized spacial score (nSPS) is 18.4. The number of aromatic amines is 1. The molecule has 0 atom stereocenters. The number of hydrogen-bond acceptors (Lipinski definition) is 4. The standard InChI is InChI=1S/C22H21N5O2/c28-21(18-14-23-19-6-3-10-24-27(18)19)26-11-8-22(9-12-26)20-16(7-13-29-22)15-4-1-2-5-17(15)25-20/h1-6,10,14,25H,7-9,11-13H2. The SMILES string of the molecule is O=C(c1cnc2cccnn12)N1CCC2(CC1)OCCc1c2[nH]c2ccccc12. The van der Waals surface area contributed by atoms with E-state index >= 15 is 0 Å². The van der Waals surface area contributed by atoms with Gasteiger partial charge in [-0.2, -0.15) is 5.10 Å². The van der Waals surface area contributed by atoms with Gasteiger partial charge in [0.05, 0.1) is 18.5 Å². The van der Waals surface area contributed by atoms with Crippen molar-refractivity contribution in [2.75, 3.05) is 19.7 Å². The van der Waals surface area contributed by atoms with Gasteiger partial charge in [-0.1, -0.05) is 18.2 Å². The molecule has 6 rings (SSSR count). The van der Waals surface area contributed by atoms with Gasteiger partial charge in [0.25, 0.3) is 5.91 Å². The first kappa shape index (κ1) is 16.7. The number of rotatable bonds is 1. The van der Waals surface area contributed by atoms with Crippen LogP contribution in [0.4, 0.5) is 0 Å². The number of amides is 1. The third kappa shape index (κ3) is 2.43. The van der Waals surface area contributed by atoms with Crippen LogP contribution >= 0.6 is 0 Å². The average molecular weight is 387 g/mol. The Morgan fingerprint density at radius 3 is 2.90 bits per heavy atom. The topological polar surface area (TPSA) is 75.5 Å². The lowest BCUT2D eigenvalue weighted by molar-refractivity contribution is -0.0958. The number of fused-ring (bicyclic) bond motifs is 5. The number of hydrogen-bond donors (Lipinski definition) is 1. The summed E-state index contributed by atoms with van der Waals surface area (Å²) in [4.78, 5) is 22.9. The predicted octanol–water partition coefficient (Wildman–Crippen LogP) is 2.91. The largest absolute Gasteiger partial charge is 0.368 e. The molecule has 1 spiro atoms. The molecule has 1 N–H and O–H groups in total. The van der Waals surface area contributed by atoms with Crippen molar-refractivity contribution < 1.29 is 9.53 Å². The van der Waals surface area contributed by atoms with Crippen molar-refractivity contribution in [1.82, 2.24) is 24.5 Å². The second kappa shape index (κ2) is 6.15. The van der Waals surface area contributed by atoms with E-state index in [1.807, 2.05) is 17.0 Å². The minimum absolute atomic E-state index is 0.0290. The van der Waals surface area contributed by atoms with E-state index in [2.05, 4.69) is 39.3 Å². The van der Waals surface area contributed by atoms with E-state index in [-0.39, 0.29) is 11.5 Å². The zero-order chi connectivity index (χ0) is 19.4. The molecule has 0 aliphatic carbocycles. The summed E-state index contributed by atoms with van der Waals surface area (Å²) in [7, 11) is 0. The molecule has 2 aliphatic rings. The molecule has 1 fully saturated rings. The number of para-hydroxylation sites is 1. The van der Waals surface area contributed by atoms with E-state index in [9.17, 15) is 4.79 Å². The first-order valence-corrected chi connectivity index (χ1v) is 10.1. The van der Waals surface area contributed by atoms with E-state index in [1.165, 1.54) is 16.6 Å². The highest BCUT2D eigenvalue weighted by Crippen LogP contribution is 2.43. The number of carbonyl (C=O) groups is 1. The van der Waals surface area contributed by atoms with Crippen LogP contribution in [0.1, 0.15) is 34.6 Å². The van der Waals surface area contributed by atoms with Gasteiger partial charge >= 0.3 is 0 Å². The Bertz CT molecular complexity index is 1230. The van der Waals surface area contributed by atoms with Gasteiger partial charge in [0.15, 0.2) is 11.3 Å². The maximum absolute atomic E-state index is 13.1. The molecule has 29 heavy (non-hydrogen) atoms. The molecule has 3 aromatic heterocycles. The number of likely N-dealkylation sites (tertiary alicyclic amines) is 1. The molecule has 4 aromatic rings. The molecular formula is C22H21N5O2. The zero-order valence-electron chi connectivity index (χ0n) is 16.0. The van der Waals surface area contributed by atoms with Crippen molar-refractivity contribution in [1.29, 1.82) is 0 Å². The third-order valence-electron chi connectivity index (χ3n) is 6.35. The van der Waals surface area contributed by atoms with Gasteiger partial charge in [-0.15, -0.1) is 0 Å². The third-order valence-corrected chi connectivity index (χ3v) is 6.35. The molecule has 0 saturated carbocycles. The number of piperidine rings is 1. The van der Waals surface area contributed by atoms with Crippen LogP contribution in [0.25, 0.3) is 16.6 Å². The molecule has 0 radical (unpaired) electrons. The lowest BCUT2D eigenvalue weighted by atomic mass is 9.83. The fourth-order valence-corrected chi connectivity index (χ4v) is 4.87. The number of nitrogens with zero attached hydrogens (tertiary/aromatic N) is 4. The van der Waals surface area contributed by atoms with Crippen LogP contribution in [0.15, 0.2) is 48.8 Å². The van der Waals surface area contributed by atoms with E-state index in [4.69, 9.17) is 4.74 Å². The summed E-state index contributed by atoms with van der Waals surface area (Å²) in [5.41, 5.74) is 4.60. The summed E-state index contributed by atoms with van der Waals surface area (Å²) in [5, 5.41) is 5.56. The van der Waals surface area contributed by atoms with E-state index in [0.29, 0.717) is 24.4 Å². The quantitative estimate of drug-likeness (QED) is 0.545. The Kier molecular flexibility index (Phi) is 3.55. The van der Waals surface area contributed by atoms with Crippen molar-refractivity contribution in [2.24, 2.45) is 0 Å². The zero-order valence-corrected chi connectivity index (χ0v) is 16.0. The number of H-pyrrole nitrogens is 1. The maximum Gasteiger partial charge on any atom is 0.274 e. The summed E-state index contributed by atoms with van der Waals surface area (Å²) in [6.45, 7) is 2.02. The van der Waals surface area contributed by atoms with Gasteiger partial charge in [-0.25, -0.2) is 9.50 Å². The smallest absolute Gasteiger partial charge is 0.274 e. The van der Waals surface area contributed by atoms with Gasteiger partial charge < -0.3 is 14.6 Å². The fraction of sp³-hybridized carbons (Fsp3) is 0.318. The summed E-state index contributed by atoms with van der Waals surface area (Å²) >= 11 is 0. The molecule has 146 valence electrons. The van der Waals surface area contributed by atoms with Crippen molar-refractivity contribution in [3.05, 3.63) is 65.7 Å². The summed E-state index contributed by atoms with van der Waals surface area (Å²) in [6.07, 6.45) is 5.77. The van der Waals surface area contributed by atoms with Gasteiger partial charge in [0.1, 0.15) is 5.60 Å². The van der Waals surface area contributed by atoms with E-state index < -0.39 is 0 Å². The van der Waals surface area contributed by atoms with Crippen LogP contribution in [0, 0.1) is 0 Å². The Balaban J connectivity index is 1.29. The number of benzene rings is 1. The van der Waals surface area contributed by atoms with Crippen LogP contribution in [-0.2, 0) is 16.8 Å². The average Bonchev–Trinajstić information content (AvgIpc) is 3.37. The molecule has 5 heterocycles. The van der Waals surface area contributed by atoms with Gasteiger partial charge in [-0.3, -0.25) is 4.79 Å².